The molecule has 1 fully saturated rings. The van der Waals surface area contributed by atoms with E-state index in [1.807, 2.05) is 0 Å². The number of halogens is 1. The van der Waals surface area contributed by atoms with Gasteiger partial charge in [0.05, 0.1) is 18.1 Å². The maximum atomic E-state index is 12.4. The zero-order valence-corrected chi connectivity index (χ0v) is 15.3. The van der Waals surface area contributed by atoms with Gasteiger partial charge in [0.25, 0.3) is 5.91 Å². The molecule has 2 aromatic rings. The van der Waals surface area contributed by atoms with E-state index in [9.17, 15) is 4.79 Å². The van der Waals surface area contributed by atoms with Crippen LogP contribution in [0, 0.1) is 0 Å². The van der Waals surface area contributed by atoms with E-state index < -0.39 is 0 Å². The van der Waals surface area contributed by atoms with Crippen molar-refractivity contribution in [1.82, 2.24) is 5.32 Å². The van der Waals surface area contributed by atoms with Crippen LogP contribution in [0.1, 0.15) is 34.3 Å². The first-order valence-corrected chi connectivity index (χ1v) is 9.35. The van der Waals surface area contributed by atoms with Crippen LogP contribution < -0.4 is 19.7 Å². The average Bonchev–Trinajstić information content (AvgIpc) is 3.32. The van der Waals surface area contributed by atoms with Crippen molar-refractivity contribution in [2.24, 2.45) is 0 Å². The van der Waals surface area contributed by atoms with E-state index in [1.54, 1.807) is 17.0 Å². The fraction of sp³-hybridized carbons (Fsp3) is 0.350. The summed E-state index contributed by atoms with van der Waals surface area (Å²) >= 11 is 6.14. The summed E-state index contributed by atoms with van der Waals surface area (Å²) in [5.74, 6) is 0.825. The van der Waals surface area contributed by atoms with E-state index in [2.05, 4.69) is 29.6 Å². The predicted molar refractivity (Wildman–Crippen MR) is 98.8 cm³/mol. The van der Waals surface area contributed by atoms with Gasteiger partial charge in [-0.1, -0.05) is 35.9 Å². The van der Waals surface area contributed by atoms with E-state index in [0.29, 0.717) is 28.6 Å². The molecule has 136 valence electrons. The van der Waals surface area contributed by atoms with Gasteiger partial charge in [-0.2, -0.15) is 0 Å². The highest BCUT2D eigenvalue weighted by Crippen LogP contribution is 2.39. The number of hydrogen-bond acceptors (Lipinski definition) is 3. The number of nitrogens with one attached hydrogen (secondary N) is 2. The molecular weight excluding hydrogens is 352 g/mol. The normalized spacial score (nSPS) is 16.0. The fourth-order valence-electron chi connectivity index (χ4n) is 3.50. The maximum absolute atomic E-state index is 12.4. The van der Waals surface area contributed by atoms with Gasteiger partial charge in [0.1, 0.15) is 6.54 Å². The third-order valence-corrected chi connectivity index (χ3v) is 5.21. The van der Waals surface area contributed by atoms with Gasteiger partial charge in [-0.05, 0) is 17.7 Å². The highest BCUT2D eigenvalue weighted by atomic mass is 35.5. The standard InChI is InChI=1S/C20H21ClN2O3/c21-17-9-16(10-18-19(17)26-13-25-18)20(24)22-11-14-3-5-15(6-4-14)12-23-7-1-2-8-23/h3-6,9-10H,1-2,7-8,11-13H2,(H,22,24)/p+1. The number of hydrogen-bond donors (Lipinski definition) is 2. The molecule has 2 aliphatic heterocycles. The van der Waals surface area contributed by atoms with Gasteiger partial charge in [0.2, 0.25) is 6.79 Å². The van der Waals surface area contributed by atoms with E-state index in [-0.39, 0.29) is 12.7 Å². The lowest BCUT2D eigenvalue weighted by Crippen LogP contribution is -3.08. The second-order valence-corrected chi connectivity index (χ2v) is 7.23. The van der Waals surface area contributed by atoms with Gasteiger partial charge in [0, 0.05) is 30.5 Å². The summed E-state index contributed by atoms with van der Waals surface area (Å²) in [6.07, 6.45) is 2.67. The Balaban J connectivity index is 1.35. The van der Waals surface area contributed by atoms with Crippen LogP contribution in [0.2, 0.25) is 5.02 Å². The molecule has 2 N–H and O–H groups in total. The molecule has 26 heavy (non-hydrogen) atoms. The topological polar surface area (TPSA) is 52.0 Å². The monoisotopic (exact) mass is 373 g/mol. The lowest BCUT2D eigenvalue weighted by molar-refractivity contribution is -0.901. The van der Waals surface area contributed by atoms with Crippen molar-refractivity contribution >= 4 is 17.5 Å². The number of quaternary nitrogens is 1. The van der Waals surface area contributed by atoms with Gasteiger partial charge >= 0.3 is 0 Å². The fourth-order valence-corrected chi connectivity index (χ4v) is 3.76. The lowest BCUT2D eigenvalue weighted by Gasteiger charge is -2.12. The van der Waals surface area contributed by atoms with Gasteiger partial charge in [0.15, 0.2) is 11.5 Å². The molecule has 6 heteroatoms. The van der Waals surface area contributed by atoms with Crippen LogP contribution in [0.4, 0.5) is 0 Å². The van der Waals surface area contributed by atoms with Crippen LogP contribution >= 0.6 is 11.6 Å². The van der Waals surface area contributed by atoms with Crippen molar-refractivity contribution in [3.8, 4) is 11.5 Å². The SMILES string of the molecule is O=C(NCc1ccc(C[NH+]2CCCC2)cc1)c1cc(Cl)c2c(c1)OCO2. The number of carbonyl (C=O) groups excluding carboxylic acids is 1. The number of ether oxygens (including phenoxy) is 2. The Morgan fingerprint density at radius 3 is 2.58 bits per heavy atom. The summed E-state index contributed by atoms with van der Waals surface area (Å²) < 4.78 is 10.6. The highest BCUT2D eigenvalue weighted by molar-refractivity contribution is 6.32. The molecule has 0 saturated carbocycles. The molecular formula is C20H22ClN2O3+. The molecule has 0 aromatic heterocycles. The molecule has 0 atom stereocenters. The van der Waals surface area contributed by atoms with Crippen molar-refractivity contribution in [1.29, 1.82) is 0 Å². The summed E-state index contributed by atoms with van der Waals surface area (Å²) in [6, 6.07) is 11.7. The minimum atomic E-state index is -0.184. The summed E-state index contributed by atoms with van der Waals surface area (Å²) in [5.41, 5.74) is 2.89. The van der Waals surface area contributed by atoms with E-state index in [0.717, 1.165) is 12.1 Å². The molecule has 0 spiro atoms. The number of rotatable bonds is 5. The van der Waals surface area contributed by atoms with Crippen LogP contribution in [-0.4, -0.2) is 25.8 Å². The van der Waals surface area contributed by atoms with Crippen molar-refractivity contribution in [2.45, 2.75) is 25.9 Å². The van der Waals surface area contributed by atoms with E-state index >= 15 is 0 Å². The molecule has 0 radical (unpaired) electrons. The molecule has 2 heterocycles. The third-order valence-electron chi connectivity index (χ3n) is 4.93. The molecule has 4 rings (SSSR count). The average molecular weight is 374 g/mol. The largest absolute Gasteiger partial charge is 0.454 e. The molecule has 0 bridgehead atoms. The Labute approximate surface area is 157 Å². The number of likely N-dealkylation sites (tertiary alicyclic amines) is 1. The number of fused-ring (bicyclic) bond motifs is 1. The summed E-state index contributed by atoms with van der Waals surface area (Å²) in [6.45, 7) is 4.24. The number of amides is 1. The summed E-state index contributed by atoms with van der Waals surface area (Å²) in [5, 5.41) is 3.31. The molecule has 2 aliphatic rings. The summed E-state index contributed by atoms with van der Waals surface area (Å²) in [4.78, 5) is 14.1. The molecule has 1 amide bonds. The summed E-state index contributed by atoms with van der Waals surface area (Å²) in [7, 11) is 0. The first kappa shape index (κ1) is 17.2. The Morgan fingerprint density at radius 1 is 1.08 bits per heavy atom. The smallest absolute Gasteiger partial charge is 0.251 e. The first-order chi connectivity index (χ1) is 12.7. The zero-order chi connectivity index (χ0) is 17.9. The minimum absolute atomic E-state index is 0.131. The first-order valence-electron chi connectivity index (χ1n) is 8.98. The number of carbonyl (C=O) groups is 1. The van der Waals surface area contributed by atoms with E-state index in [1.165, 1.54) is 31.5 Å². The van der Waals surface area contributed by atoms with Crippen molar-refractivity contribution < 1.29 is 19.2 Å². The zero-order valence-electron chi connectivity index (χ0n) is 14.5. The molecule has 5 nitrogen and oxygen atoms in total. The van der Waals surface area contributed by atoms with Crippen molar-refractivity contribution in [2.75, 3.05) is 19.9 Å². The quantitative estimate of drug-likeness (QED) is 0.844. The maximum Gasteiger partial charge on any atom is 0.251 e. The Hall–Kier alpha value is -2.24. The predicted octanol–water partition coefficient (Wildman–Crippen LogP) is 2.18. The molecule has 0 unspecified atom stereocenters. The Kier molecular flexibility index (Phi) is 5.00. The molecule has 0 aliphatic carbocycles. The van der Waals surface area contributed by atoms with Gasteiger partial charge in [-0.3, -0.25) is 4.79 Å². The van der Waals surface area contributed by atoms with Crippen LogP contribution in [-0.2, 0) is 13.1 Å². The highest BCUT2D eigenvalue weighted by Gasteiger charge is 2.20. The van der Waals surface area contributed by atoms with E-state index in [4.69, 9.17) is 21.1 Å². The Morgan fingerprint density at radius 2 is 1.81 bits per heavy atom. The van der Waals surface area contributed by atoms with Gasteiger partial charge < -0.3 is 19.7 Å². The second-order valence-electron chi connectivity index (χ2n) is 6.82. The van der Waals surface area contributed by atoms with Crippen molar-refractivity contribution in [3.63, 3.8) is 0 Å². The molecule has 1 saturated heterocycles. The second kappa shape index (κ2) is 7.56. The third kappa shape index (κ3) is 3.79. The minimum Gasteiger partial charge on any atom is -0.454 e. The lowest BCUT2D eigenvalue weighted by atomic mass is 10.1. The van der Waals surface area contributed by atoms with Gasteiger partial charge in [-0.15, -0.1) is 0 Å². The van der Waals surface area contributed by atoms with Crippen LogP contribution in [0.25, 0.3) is 0 Å². The van der Waals surface area contributed by atoms with Crippen LogP contribution in [0.5, 0.6) is 11.5 Å². The number of benzene rings is 2. The Bertz CT molecular complexity index is 801. The van der Waals surface area contributed by atoms with Crippen molar-refractivity contribution in [3.05, 3.63) is 58.1 Å². The molecule has 2 aromatic carbocycles. The van der Waals surface area contributed by atoms with Crippen LogP contribution in [0.15, 0.2) is 36.4 Å². The van der Waals surface area contributed by atoms with Gasteiger partial charge in [-0.25, -0.2) is 0 Å². The van der Waals surface area contributed by atoms with Crippen LogP contribution in [0.3, 0.4) is 0 Å².